The molecule has 0 saturated heterocycles. The van der Waals surface area contributed by atoms with Crippen molar-refractivity contribution >= 4 is 0 Å². The first-order chi connectivity index (χ1) is 11.9. The average molecular weight is 345 g/mol. The maximum absolute atomic E-state index is 10.0. The number of fused-ring (bicyclic) bond motifs is 1. The molecule has 7 atom stereocenters. The van der Waals surface area contributed by atoms with E-state index in [-0.39, 0.29) is 0 Å². The molecule has 3 aliphatic carbocycles. The minimum Gasteiger partial charge on any atom is -0.388 e. The first-order valence-corrected chi connectivity index (χ1v) is 10.4. The molecular formula is C23H36O2. The van der Waals surface area contributed by atoms with Crippen LogP contribution in [0.4, 0.5) is 0 Å². The highest BCUT2D eigenvalue weighted by molar-refractivity contribution is 5.29. The summed E-state index contributed by atoms with van der Waals surface area (Å²) in [6.45, 7) is 11.0. The van der Waals surface area contributed by atoms with Crippen LogP contribution in [-0.4, -0.2) is 22.4 Å². The summed E-state index contributed by atoms with van der Waals surface area (Å²) in [6, 6.07) is 0. The van der Waals surface area contributed by atoms with Crippen LogP contribution < -0.4 is 0 Å². The molecule has 0 aromatic heterocycles. The Morgan fingerprint density at radius 3 is 2.44 bits per heavy atom. The Kier molecular flexibility index (Phi) is 5.90. The highest BCUT2D eigenvalue weighted by atomic mass is 16.3. The molecule has 2 unspecified atom stereocenters. The second-order valence-corrected chi connectivity index (χ2v) is 8.91. The van der Waals surface area contributed by atoms with Gasteiger partial charge >= 0.3 is 0 Å². The Labute approximate surface area is 153 Å². The van der Waals surface area contributed by atoms with Gasteiger partial charge in [-0.2, -0.15) is 0 Å². The lowest BCUT2D eigenvalue weighted by atomic mass is 9.66. The van der Waals surface area contributed by atoms with E-state index in [0.717, 1.165) is 35.2 Å². The predicted molar refractivity (Wildman–Crippen MR) is 104 cm³/mol. The van der Waals surface area contributed by atoms with Crippen molar-refractivity contribution in [3.8, 4) is 0 Å². The normalized spacial score (nSPS) is 41.7. The maximum atomic E-state index is 10.0. The fraction of sp³-hybridized carbons (Fsp3) is 0.739. The van der Waals surface area contributed by atoms with Gasteiger partial charge in [0.15, 0.2) is 0 Å². The molecule has 0 aromatic carbocycles. The van der Waals surface area contributed by atoms with Gasteiger partial charge in [-0.3, -0.25) is 0 Å². The topological polar surface area (TPSA) is 40.5 Å². The quantitative estimate of drug-likeness (QED) is 0.705. The van der Waals surface area contributed by atoms with Crippen LogP contribution in [0.5, 0.6) is 0 Å². The van der Waals surface area contributed by atoms with E-state index in [1.165, 1.54) is 32.1 Å². The van der Waals surface area contributed by atoms with Crippen molar-refractivity contribution in [2.24, 2.45) is 29.6 Å². The van der Waals surface area contributed by atoms with E-state index in [0.29, 0.717) is 18.4 Å². The number of hydrogen-bond donors (Lipinski definition) is 2. The van der Waals surface area contributed by atoms with Crippen LogP contribution >= 0.6 is 0 Å². The monoisotopic (exact) mass is 344 g/mol. The lowest BCUT2D eigenvalue weighted by Crippen LogP contribution is -2.31. The van der Waals surface area contributed by atoms with Gasteiger partial charge in [-0.05, 0) is 73.7 Å². The van der Waals surface area contributed by atoms with E-state index in [1.807, 2.05) is 0 Å². The SMILES string of the molecule is C=C1[C@H](O)CC(=C/C=C2\CCC(C)C3[C@H]2CC[C@@H]3[C@@H](C)CC)C[C@H]1O. The minimum atomic E-state index is -0.589. The lowest BCUT2D eigenvalue weighted by molar-refractivity contribution is 0.123. The van der Waals surface area contributed by atoms with Gasteiger partial charge in [-0.15, -0.1) is 0 Å². The molecule has 3 aliphatic rings. The largest absolute Gasteiger partial charge is 0.388 e. The zero-order valence-corrected chi connectivity index (χ0v) is 16.2. The van der Waals surface area contributed by atoms with Crippen molar-refractivity contribution in [3.05, 3.63) is 35.5 Å². The van der Waals surface area contributed by atoms with E-state index >= 15 is 0 Å². The van der Waals surface area contributed by atoms with E-state index < -0.39 is 12.2 Å². The zero-order chi connectivity index (χ0) is 18.1. The van der Waals surface area contributed by atoms with Crippen molar-refractivity contribution in [3.63, 3.8) is 0 Å². The number of aliphatic hydroxyl groups is 2. The molecule has 0 aromatic rings. The molecule has 140 valence electrons. The fourth-order valence-corrected chi connectivity index (χ4v) is 5.68. The number of aliphatic hydroxyl groups excluding tert-OH is 2. The molecule has 0 spiro atoms. The molecule has 2 nitrogen and oxygen atoms in total. The van der Waals surface area contributed by atoms with Crippen molar-refractivity contribution in [2.45, 2.75) is 77.9 Å². The molecular weight excluding hydrogens is 308 g/mol. The third-order valence-corrected chi connectivity index (χ3v) is 7.47. The second kappa shape index (κ2) is 7.80. The lowest BCUT2D eigenvalue weighted by Gasteiger charge is -2.39. The Hall–Kier alpha value is -0.860. The van der Waals surface area contributed by atoms with Crippen molar-refractivity contribution < 1.29 is 10.2 Å². The van der Waals surface area contributed by atoms with Gasteiger partial charge in [0.05, 0.1) is 12.2 Å². The molecule has 0 radical (unpaired) electrons. The number of hydrogen-bond acceptors (Lipinski definition) is 2. The molecule has 0 amide bonds. The third-order valence-electron chi connectivity index (χ3n) is 7.47. The molecule has 0 aliphatic heterocycles. The molecule has 0 bridgehead atoms. The van der Waals surface area contributed by atoms with Crippen LogP contribution in [0.3, 0.4) is 0 Å². The average Bonchev–Trinajstić information content (AvgIpc) is 3.04. The van der Waals surface area contributed by atoms with Gasteiger partial charge < -0.3 is 10.2 Å². The molecule has 0 heterocycles. The van der Waals surface area contributed by atoms with Crippen LogP contribution in [0, 0.1) is 29.6 Å². The van der Waals surface area contributed by atoms with E-state index in [2.05, 4.69) is 39.5 Å². The molecule has 2 N–H and O–H groups in total. The van der Waals surface area contributed by atoms with Gasteiger partial charge in [0.2, 0.25) is 0 Å². The van der Waals surface area contributed by atoms with Crippen LogP contribution in [0.25, 0.3) is 0 Å². The molecule has 25 heavy (non-hydrogen) atoms. The first kappa shape index (κ1) is 18.9. The van der Waals surface area contributed by atoms with Crippen LogP contribution in [0.1, 0.15) is 65.7 Å². The predicted octanol–water partition coefficient (Wildman–Crippen LogP) is 5.03. The van der Waals surface area contributed by atoms with Crippen LogP contribution in [-0.2, 0) is 0 Å². The standard InChI is InChI=1S/C23H36O2/c1-5-14(2)19-10-11-20-18(8-6-15(3)23(19)20)9-7-17-12-21(24)16(4)22(25)13-17/h7,9,14-15,19-25H,4-6,8,10-13H2,1-3H3/b18-9+/t14-,15?,19+,20-,21+,22+,23?/m0/s1. The highest BCUT2D eigenvalue weighted by Gasteiger charge is 2.44. The van der Waals surface area contributed by atoms with E-state index in [4.69, 9.17) is 0 Å². The van der Waals surface area contributed by atoms with Gasteiger partial charge in [-0.25, -0.2) is 0 Å². The summed E-state index contributed by atoms with van der Waals surface area (Å²) < 4.78 is 0. The molecule has 3 rings (SSSR count). The Bertz CT molecular complexity index is 542. The van der Waals surface area contributed by atoms with Crippen LogP contribution in [0.15, 0.2) is 35.5 Å². The summed E-state index contributed by atoms with van der Waals surface area (Å²) in [5, 5.41) is 20.1. The summed E-state index contributed by atoms with van der Waals surface area (Å²) in [7, 11) is 0. The number of allylic oxidation sites excluding steroid dienone is 3. The minimum absolute atomic E-state index is 0.573. The van der Waals surface area contributed by atoms with Crippen molar-refractivity contribution in [1.82, 2.24) is 0 Å². The Morgan fingerprint density at radius 2 is 1.80 bits per heavy atom. The smallest absolute Gasteiger partial charge is 0.0809 e. The zero-order valence-electron chi connectivity index (χ0n) is 16.2. The summed E-state index contributed by atoms with van der Waals surface area (Å²) in [6.07, 6.45) is 11.2. The fourth-order valence-electron chi connectivity index (χ4n) is 5.68. The summed E-state index contributed by atoms with van der Waals surface area (Å²) >= 11 is 0. The van der Waals surface area contributed by atoms with Crippen molar-refractivity contribution in [1.29, 1.82) is 0 Å². The first-order valence-electron chi connectivity index (χ1n) is 10.4. The summed E-state index contributed by atoms with van der Waals surface area (Å²) in [4.78, 5) is 0. The highest BCUT2D eigenvalue weighted by Crippen LogP contribution is 2.53. The summed E-state index contributed by atoms with van der Waals surface area (Å²) in [5.41, 5.74) is 3.35. The van der Waals surface area contributed by atoms with Gasteiger partial charge in [0.1, 0.15) is 0 Å². The van der Waals surface area contributed by atoms with Gasteiger partial charge in [0.25, 0.3) is 0 Å². The molecule has 2 heteroatoms. The van der Waals surface area contributed by atoms with E-state index in [9.17, 15) is 10.2 Å². The third kappa shape index (κ3) is 3.80. The van der Waals surface area contributed by atoms with Crippen LogP contribution in [0.2, 0.25) is 0 Å². The number of rotatable bonds is 3. The molecule has 3 fully saturated rings. The molecule has 3 saturated carbocycles. The van der Waals surface area contributed by atoms with Crippen molar-refractivity contribution in [2.75, 3.05) is 0 Å². The Morgan fingerprint density at radius 1 is 1.12 bits per heavy atom. The maximum Gasteiger partial charge on any atom is 0.0809 e. The second-order valence-electron chi connectivity index (χ2n) is 8.91. The Balaban J connectivity index is 1.76. The van der Waals surface area contributed by atoms with Gasteiger partial charge in [-0.1, -0.05) is 57.1 Å². The van der Waals surface area contributed by atoms with E-state index in [1.54, 1.807) is 5.57 Å². The van der Waals surface area contributed by atoms with Gasteiger partial charge in [0, 0.05) is 0 Å². The summed E-state index contributed by atoms with van der Waals surface area (Å²) in [5.74, 6) is 4.19.